The summed E-state index contributed by atoms with van der Waals surface area (Å²) < 4.78 is 18.3. The van der Waals surface area contributed by atoms with Crippen molar-refractivity contribution in [3.8, 4) is 5.75 Å². The van der Waals surface area contributed by atoms with E-state index < -0.39 is 0 Å². The van der Waals surface area contributed by atoms with Crippen molar-refractivity contribution in [1.82, 2.24) is 0 Å². The minimum Gasteiger partial charge on any atom is -0.494 e. The van der Waals surface area contributed by atoms with Gasteiger partial charge in [-0.05, 0) is 35.8 Å². The molecule has 1 heterocycles. The number of aliphatic imine (C=N–C) groups is 1. The average Bonchev–Trinajstić information content (AvgIpc) is 2.79. The summed E-state index contributed by atoms with van der Waals surface area (Å²) in [6, 6.07) is 4.84. The fraction of sp³-hybridized carbons (Fsp3) is 0.357. The van der Waals surface area contributed by atoms with Gasteiger partial charge in [0.25, 0.3) is 0 Å². The molecular formula is C14H16FNO. The van der Waals surface area contributed by atoms with Crippen molar-refractivity contribution < 1.29 is 9.13 Å². The van der Waals surface area contributed by atoms with E-state index in [1.54, 1.807) is 12.1 Å². The number of hydrogen-bond acceptors (Lipinski definition) is 2. The fourth-order valence-corrected chi connectivity index (χ4v) is 1.79. The highest BCUT2D eigenvalue weighted by molar-refractivity contribution is 6.10. The minimum absolute atomic E-state index is 0.261. The molecule has 90 valence electrons. The van der Waals surface area contributed by atoms with Crippen LogP contribution in [0.25, 0.3) is 0 Å². The summed E-state index contributed by atoms with van der Waals surface area (Å²) >= 11 is 0. The Kier molecular flexibility index (Phi) is 3.27. The Bertz CT molecular complexity index is 489. The van der Waals surface area contributed by atoms with Crippen LogP contribution in [0.5, 0.6) is 5.75 Å². The van der Waals surface area contributed by atoms with Crippen molar-refractivity contribution in [3.05, 3.63) is 41.2 Å². The molecule has 1 aromatic rings. The Balaban J connectivity index is 2.30. The highest BCUT2D eigenvalue weighted by Gasteiger charge is 2.14. The van der Waals surface area contributed by atoms with Crippen LogP contribution >= 0.6 is 0 Å². The van der Waals surface area contributed by atoms with E-state index in [0.717, 1.165) is 17.8 Å². The van der Waals surface area contributed by atoms with Crippen LogP contribution in [0.1, 0.15) is 19.4 Å². The Morgan fingerprint density at radius 1 is 1.35 bits per heavy atom. The standard InChI is InChI=1S/C14H16FNO/c1-9(2)11-6-13(16-8-11)10-4-5-12(15)14(7-10)17-3/h4-7,9H,8H2,1-3H3. The molecule has 0 saturated heterocycles. The molecule has 0 spiro atoms. The molecule has 2 nitrogen and oxygen atoms in total. The summed E-state index contributed by atoms with van der Waals surface area (Å²) in [5, 5.41) is 0. The quantitative estimate of drug-likeness (QED) is 0.785. The lowest BCUT2D eigenvalue weighted by atomic mass is 10.0. The van der Waals surface area contributed by atoms with E-state index in [4.69, 9.17) is 4.74 Å². The molecule has 0 fully saturated rings. The highest BCUT2D eigenvalue weighted by Crippen LogP contribution is 2.23. The minimum atomic E-state index is -0.345. The van der Waals surface area contributed by atoms with Crippen LogP contribution in [0.15, 0.2) is 34.8 Å². The largest absolute Gasteiger partial charge is 0.494 e. The zero-order chi connectivity index (χ0) is 12.4. The molecule has 3 heteroatoms. The molecule has 17 heavy (non-hydrogen) atoms. The van der Waals surface area contributed by atoms with Crippen molar-refractivity contribution in [3.63, 3.8) is 0 Å². The van der Waals surface area contributed by atoms with Crippen LogP contribution < -0.4 is 4.74 Å². The summed E-state index contributed by atoms with van der Waals surface area (Å²) in [5.41, 5.74) is 3.12. The Morgan fingerprint density at radius 2 is 2.12 bits per heavy atom. The Morgan fingerprint density at radius 3 is 2.71 bits per heavy atom. The van der Waals surface area contributed by atoms with Crippen LogP contribution in [-0.2, 0) is 0 Å². The van der Waals surface area contributed by atoms with Crippen molar-refractivity contribution in [2.24, 2.45) is 10.9 Å². The van der Waals surface area contributed by atoms with Crippen LogP contribution in [-0.4, -0.2) is 19.4 Å². The maximum Gasteiger partial charge on any atom is 0.165 e. The van der Waals surface area contributed by atoms with Gasteiger partial charge in [-0.2, -0.15) is 0 Å². The molecule has 0 amide bonds. The highest BCUT2D eigenvalue weighted by atomic mass is 19.1. The molecule has 2 rings (SSSR count). The molecule has 0 atom stereocenters. The van der Waals surface area contributed by atoms with Crippen molar-refractivity contribution in [1.29, 1.82) is 0 Å². The van der Waals surface area contributed by atoms with E-state index >= 15 is 0 Å². The lowest BCUT2D eigenvalue weighted by Crippen LogP contribution is -1.97. The van der Waals surface area contributed by atoms with E-state index in [9.17, 15) is 4.39 Å². The van der Waals surface area contributed by atoms with Gasteiger partial charge in [0, 0.05) is 5.56 Å². The summed E-state index contributed by atoms with van der Waals surface area (Å²) in [5.74, 6) is 0.415. The number of halogens is 1. The molecule has 1 aliphatic heterocycles. The van der Waals surface area contributed by atoms with Crippen molar-refractivity contribution in [2.75, 3.05) is 13.7 Å². The van der Waals surface area contributed by atoms with Gasteiger partial charge in [-0.3, -0.25) is 4.99 Å². The normalized spacial score (nSPS) is 14.9. The maximum atomic E-state index is 13.3. The summed E-state index contributed by atoms with van der Waals surface area (Å²) in [6.07, 6.45) is 2.08. The first kappa shape index (κ1) is 11.8. The van der Waals surface area contributed by atoms with E-state index in [-0.39, 0.29) is 11.6 Å². The Labute approximate surface area is 101 Å². The topological polar surface area (TPSA) is 21.6 Å². The molecular weight excluding hydrogens is 217 g/mol. The Hall–Kier alpha value is -1.64. The zero-order valence-corrected chi connectivity index (χ0v) is 10.3. The van der Waals surface area contributed by atoms with Gasteiger partial charge in [-0.1, -0.05) is 13.8 Å². The number of methoxy groups -OCH3 is 1. The molecule has 0 N–H and O–H groups in total. The van der Waals surface area contributed by atoms with Crippen molar-refractivity contribution >= 4 is 5.71 Å². The predicted molar refractivity (Wildman–Crippen MR) is 67.3 cm³/mol. The first-order valence-electron chi connectivity index (χ1n) is 5.70. The van der Waals surface area contributed by atoms with Gasteiger partial charge in [0.05, 0.1) is 19.4 Å². The van der Waals surface area contributed by atoms with E-state index in [1.165, 1.54) is 18.7 Å². The molecule has 0 saturated carbocycles. The SMILES string of the molecule is COc1cc(C2=NCC(C(C)C)=C2)ccc1F. The number of allylic oxidation sites excluding steroid dienone is 1. The summed E-state index contributed by atoms with van der Waals surface area (Å²) in [4.78, 5) is 4.46. The molecule has 0 aliphatic carbocycles. The molecule has 1 aliphatic rings. The third-order valence-electron chi connectivity index (χ3n) is 2.94. The van der Waals surface area contributed by atoms with Crippen LogP contribution in [0.2, 0.25) is 0 Å². The molecule has 0 unspecified atom stereocenters. The second kappa shape index (κ2) is 4.70. The van der Waals surface area contributed by atoms with Gasteiger partial charge in [-0.15, -0.1) is 0 Å². The van der Waals surface area contributed by atoms with Crippen LogP contribution in [0, 0.1) is 11.7 Å². The fourth-order valence-electron chi connectivity index (χ4n) is 1.79. The van der Waals surface area contributed by atoms with E-state index in [2.05, 4.69) is 24.9 Å². The van der Waals surface area contributed by atoms with Gasteiger partial charge in [0.1, 0.15) is 0 Å². The first-order chi connectivity index (χ1) is 8.11. The number of ether oxygens (including phenoxy) is 1. The first-order valence-corrected chi connectivity index (χ1v) is 5.70. The van der Waals surface area contributed by atoms with Gasteiger partial charge >= 0.3 is 0 Å². The molecule has 1 aromatic carbocycles. The second-order valence-electron chi connectivity index (χ2n) is 4.42. The second-order valence-corrected chi connectivity index (χ2v) is 4.42. The average molecular weight is 233 g/mol. The number of nitrogens with zero attached hydrogens (tertiary/aromatic N) is 1. The smallest absolute Gasteiger partial charge is 0.165 e. The monoisotopic (exact) mass is 233 g/mol. The van der Waals surface area contributed by atoms with Gasteiger partial charge in [0.2, 0.25) is 0 Å². The number of rotatable bonds is 3. The van der Waals surface area contributed by atoms with Gasteiger partial charge < -0.3 is 4.74 Å². The van der Waals surface area contributed by atoms with Gasteiger partial charge in [0.15, 0.2) is 11.6 Å². The summed E-state index contributed by atoms with van der Waals surface area (Å²) in [6.45, 7) is 5.04. The van der Waals surface area contributed by atoms with E-state index in [1.807, 2.05) is 0 Å². The third-order valence-corrected chi connectivity index (χ3v) is 2.94. The third kappa shape index (κ3) is 2.38. The van der Waals surface area contributed by atoms with E-state index in [0.29, 0.717) is 5.92 Å². The van der Waals surface area contributed by atoms with Crippen LogP contribution in [0.4, 0.5) is 4.39 Å². The zero-order valence-electron chi connectivity index (χ0n) is 10.3. The lowest BCUT2D eigenvalue weighted by Gasteiger charge is -2.04. The predicted octanol–water partition coefficient (Wildman–Crippen LogP) is 3.22. The van der Waals surface area contributed by atoms with Gasteiger partial charge in [-0.25, -0.2) is 4.39 Å². The number of benzene rings is 1. The number of hydrogen-bond donors (Lipinski definition) is 0. The van der Waals surface area contributed by atoms with Crippen LogP contribution in [0.3, 0.4) is 0 Å². The maximum absolute atomic E-state index is 13.3. The summed E-state index contributed by atoms with van der Waals surface area (Å²) in [7, 11) is 1.47. The molecule has 0 bridgehead atoms. The van der Waals surface area contributed by atoms with Crippen molar-refractivity contribution in [2.45, 2.75) is 13.8 Å². The lowest BCUT2D eigenvalue weighted by molar-refractivity contribution is 0.386. The molecule has 0 radical (unpaired) electrons. The molecule has 0 aromatic heterocycles.